The molecule has 102 valence electrons. The predicted octanol–water partition coefficient (Wildman–Crippen LogP) is 3.11. The summed E-state index contributed by atoms with van der Waals surface area (Å²) in [6, 6.07) is 12.7. The Morgan fingerprint density at radius 2 is 2.05 bits per heavy atom. The Hall–Kier alpha value is -1.85. The quantitative estimate of drug-likeness (QED) is 0.730. The van der Waals surface area contributed by atoms with Gasteiger partial charge in [0, 0.05) is 10.7 Å². The smallest absolute Gasteiger partial charge is 0.197 e. The third-order valence-corrected chi connectivity index (χ3v) is 4.51. The Bertz CT molecular complexity index is 800. The molecule has 2 aromatic carbocycles. The average Bonchev–Trinajstić information content (AvgIpc) is 2.84. The third kappa shape index (κ3) is 2.55. The molecule has 3 N–H and O–H groups in total. The van der Waals surface area contributed by atoms with Crippen molar-refractivity contribution in [3.8, 4) is 0 Å². The molecule has 3 rings (SSSR count). The Kier molecular flexibility index (Phi) is 3.46. The molecule has 1 heterocycles. The van der Waals surface area contributed by atoms with Crippen molar-refractivity contribution >= 4 is 39.1 Å². The van der Waals surface area contributed by atoms with Gasteiger partial charge in [0.15, 0.2) is 5.16 Å². The van der Waals surface area contributed by atoms with E-state index < -0.39 is 10.8 Å². The summed E-state index contributed by atoms with van der Waals surface area (Å²) in [4.78, 5) is 7.37. The molecular weight excluding hydrogens is 294 g/mol. The standard InChI is InChI=1S/C14H12ClN3OS/c15-11-4-2-1-3-9(11)8-20(19)14-17-12-6-5-10(16)7-13(12)18-14/h1-7H,8,16H2,(H,17,18). The van der Waals surface area contributed by atoms with Crippen molar-refractivity contribution < 1.29 is 4.21 Å². The van der Waals surface area contributed by atoms with Gasteiger partial charge < -0.3 is 10.7 Å². The van der Waals surface area contributed by atoms with Gasteiger partial charge >= 0.3 is 0 Å². The van der Waals surface area contributed by atoms with Crippen molar-refractivity contribution in [1.29, 1.82) is 0 Å². The van der Waals surface area contributed by atoms with Gasteiger partial charge in [-0.05, 0) is 29.8 Å². The van der Waals surface area contributed by atoms with Crippen LogP contribution in [0, 0.1) is 0 Å². The first-order chi connectivity index (χ1) is 9.63. The van der Waals surface area contributed by atoms with E-state index in [-0.39, 0.29) is 0 Å². The fourth-order valence-corrected chi connectivity index (χ4v) is 3.31. The van der Waals surface area contributed by atoms with Gasteiger partial charge in [-0.15, -0.1) is 0 Å². The fraction of sp³-hybridized carbons (Fsp3) is 0.0714. The molecule has 0 radical (unpaired) electrons. The minimum absolute atomic E-state index is 0.328. The maximum atomic E-state index is 12.3. The molecule has 0 aliphatic carbocycles. The number of aromatic amines is 1. The van der Waals surface area contributed by atoms with E-state index in [4.69, 9.17) is 17.3 Å². The van der Waals surface area contributed by atoms with Gasteiger partial charge in [0.25, 0.3) is 0 Å². The molecule has 0 fully saturated rings. The second-order valence-electron chi connectivity index (χ2n) is 4.40. The van der Waals surface area contributed by atoms with Crippen LogP contribution in [0.4, 0.5) is 5.69 Å². The summed E-state index contributed by atoms with van der Waals surface area (Å²) < 4.78 is 12.3. The van der Waals surface area contributed by atoms with E-state index in [2.05, 4.69) is 9.97 Å². The van der Waals surface area contributed by atoms with Crippen LogP contribution in [0.3, 0.4) is 0 Å². The normalized spacial score (nSPS) is 12.7. The lowest BCUT2D eigenvalue weighted by molar-refractivity contribution is 0.677. The van der Waals surface area contributed by atoms with Crippen molar-refractivity contribution in [3.63, 3.8) is 0 Å². The topological polar surface area (TPSA) is 71.8 Å². The molecule has 6 heteroatoms. The second kappa shape index (κ2) is 5.26. The highest BCUT2D eigenvalue weighted by Crippen LogP contribution is 2.21. The molecule has 0 saturated carbocycles. The maximum absolute atomic E-state index is 12.3. The highest BCUT2D eigenvalue weighted by atomic mass is 35.5. The molecule has 1 aromatic heterocycles. The van der Waals surface area contributed by atoms with Gasteiger partial charge in [0.1, 0.15) is 0 Å². The summed E-state index contributed by atoms with van der Waals surface area (Å²) in [6.07, 6.45) is 0. The first-order valence-electron chi connectivity index (χ1n) is 6.00. The van der Waals surface area contributed by atoms with Crippen LogP contribution in [0.1, 0.15) is 5.56 Å². The minimum Gasteiger partial charge on any atom is -0.399 e. The number of hydrogen-bond donors (Lipinski definition) is 2. The zero-order valence-corrected chi connectivity index (χ0v) is 12.0. The van der Waals surface area contributed by atoms with E-state index in [0.29, 0.717) is 21.6 Å². The van der Waals surface area contributed by atoms with E-state index in [1.165, 1.54) is 0 Å². The molecular formula is C14H12ClN3OS. The highest BCUT2D eigenvalue weighted by molar-refractivity contribution is 7.84. The molecule has 0 spiro atoms. The number of benzene rings is 2. The largest absolute Gasteiger partial charge is 0.399 e. The Morgan fingerprint density at radius 3 is 2.85 bits per heavy atom. The van der Waals surface area contributed by atoms with Crippen molar-refractivity contribution in [2.45, 2.75) is 10.9 Å². The van der Waals surface area contributed by atoms with Gasteiger partial charge in [-0.25, -0.2) is 4.98 Å². The zero-order valence-electron chi connectivity index (χ0n) is 10.5. The summed E-state index contributed by atoms with van der Waals surface area (Å²) in [5.41, 5.74) is 8.73. The van der Waals surface area contributed by atoms with Crippen molar-refractivity contribution in [1.82, 2.24) is 9.97 Å². The lowest BCUT2D eigenvalue weighted by Crippen LogP contribution is -1.99. The van der Waals surface area contributed by atoms with E-state index in [1.807, 2.05) is 18.2 Å². The number of anilines is 1. The van der Waals surface area contributed by atoms with E-state index in [1.54, 1.807) is 24.3 Å². The van der Waals surface area contributed by atoms with Crippen LogP contribution in [0.2, 0.25) is 5.02 Å². The van der Waals surface area contributed by atoms with Crippen LogP contribution in [0.5, 0.6) is 0 Å². The zero-order chi connectivity index (χ0) is 14.1. The third-order valence-electron chi connectivity index (χ3n) is 2.94. The number of nitrogens with two attached hydrogens (primary N) is 1. The second-order valence-corrected chi connectivity index (χ2v) is 6.17. The average molecular weight is 306 g/mol. The molecule has 0 aliphatic heterocycles. The summed E-state index contributed by atoms with van der Waals surface area (Å²) in [7, 11) is -1.28. The first-order valence-corrected chi connectivity index (χ1v) is 7.70. The number of aromatic nitrogens is 2. The molecule has 1 atom stereocenters. The molecule has 20 heavy (non-hydrogen) atoms. The molecule has 0 saturated heterocycles. The summed E-state index contributed by atoms with van der Waals surface area (Å²) >= 11 is 6.07. The van der Waals surface area contributed by atoms with Crippen LogP contribution in [-0.4, -0.2) is 14.2 Å². The van der Waals surface area contributed by atoms with E-state index >= 15 is 0 Å². The van der Waals surface area contributed by atoms with E-state index in [9.17, 15) is 4.21 Å². The molecule has 0 bridgehead atoms. The number of H-pyrrole nitrogens is 1. The van der Waals surface area contributed by atoms with Crippen LogP contribution in [-0.2, 0) is 16.6 Å². The molecule has 0 amide bonds. The molecule has 0 aliphatic rings. The van der Waals surface area contributed by atoms with Gasteiger partial charge in [-0.2, -0.15) is 0 Å². The number of rotatable bonds is 3. The molecule has 3 aromatic rings. The van der Waals surface area contributed by atoms with Gasteiger partial charge in [-0.1, -0.05) is 29.8 Å². The van der Waals surface area contributed by atoms with Crippen LogP contribution in [0.25, 0.3) is 11.0 Å². The number of imidazole rings is 1. The molecule has 4 nitrogen and oxygen atoms in total. The number of hydrogen-bond acceptors (Lipinski definition) is 3. The van der Waals surface area contributed by atoms with Crippen molar-refractivity contribution in [3.05, 3.63) is 53.1 Å². The van der Waals surface area contributed by atoms with Crippen LogP contribution in [0.15, 0.2) is 47.6 Å². The minimum atomic E-state index is -1.28. The number of nitrogens with one attached hydrogen (secondary N) is 1. The fourth-order valence-electron chi connectivity index (χ4n) is 1.94. The monoisotopic (exact) mass is 305 g/mol. The Labute approximate surface area is 123 Å². The number of nitrogens with zero attached hydrogens (tertiary/aromatic N) is 1. The van der Waals surface area contributed by atoms with Gasteiger partial charge in [0.05, 0.1) is 27.6 Å². The Morgan fingerprint density at radius 1 is 1.25 bits per heavy atom. The summed E-state index contributed by atoms with van der Waals surface area (Å²) in [5.74, 6) is 0.328. The van der Waals surface area contributed by atoms with Crippen LogP contribution >= 0.6 is 11.6 Å². The Balaban J connectivity index is 1.91. The van der Waals surface area contributed by atoms with Crippen molar-refractivity contribution in [2.75, 3.05) is 5.73 Å². The van der Waals surface area contributed by atoms with Gasteiger partial charge in [0.2, 0.25) is 0 Å². The maximum Gasteiger partial charge on any atom is 0.197 e. The number of nitrogen functional groups attached to an aromatic ring is 1. The van der Waals surface area contributed by atoms with E-state index in [0.717, 1.165) is 16.6 Å². The first kappa shape index (κ1) is 13.1. The summed E-state index contributed by atoms with van der Waals surface area (Å²) in [6.45, 7) is 0. The summed E-state index contributed by atoms with van der Waals surface area (Å²) in [5, 5.41) is 1.05. The number of halogens is 1. The van der Waals surface area contributed by atoms with Gasteiger partial charge in [-0.3, -0.25) is 4.21 Å². The van der Waals surface area contributed by atoms with Crippen molar-refractivity contribution in [2.24, 2.45) is 0 Å². The SMILES string of the molecule is Nc1ccc2nc(S(=O)Cc3ccccc3Cl)[nH]c2c1. The lowest BCUT2D eigenvalue weighted by Gasteiger charge is -2.01. The lowest BCUT2D eigenvalue weighted by atomic mass is 10.2. The number of fused-ring (bicyclic) bond motifs is 1. The van der Waals surface area contributed by atoms with Crippen LogP contribution < -0.4 is 5.73 Å². The highest BCUT2D eigenvalue weighted by Gasteiger charge is 2.12. The predicted molar refractivity (Wildman–Crippen MR) is 82.1 cm³/mol. The molecule has 1 unspecified atom stereocenters.